The SMILES string of the molecule is COC(=O)CC(c1oc(CN2CC3CC(C2)c2cccc(=O)n2C3)cc(=O)c1O)c1cc2cc(OC)ccc2[nH]c1=O. The van der Waals surface area contributed by atoms with E-state index in [0.29, 0.717) is 42.0 Å². The Balaban J connectivity index is 1.37. The maximum Gasteiger partial charge on any atom is 0.306 e. The van der Waals surface area contributed by atoms with Crippen molar-refractivity contribution >= 4 is 16.9 Å². The number of rotatable bonds is 7. The molecular formula is C31H31N3O8. The molecule has 5 heterocycles. The molecule has 2 bridgehead atoms. The first-order valence-electron chi connectivity index (χ1n) is 13.8. The standard InChI is InChI=1S/C31H31N3O8/c1-40-20-6-7-24-18(9-20)10-23(31(39)32-24)22(12-28(37)41-2)30-29(38)26(35)11-21(42-30)16-33-13-17-8-19(15-33)25-4-3-5-27(36)34(25)14-17/h3-7,9-11,17,19,22,38H,8,12-16H2,1-2H3,(H,32,39). The van der Waals surface area contributed by atoms with Crippen LogP contribution in [0.25, 0.3) is 10.9 Å². The van der Waals surface area contributed by atoms with E-state index in [1.165, 1.54) is 20.3 Å². The number of nitrogens with zero attached hydrogens (tertiary/aromatic N) is 2. The van der Waals surface area contributed by atoms with E-state index >= 15 is 0 Å². The molecular weight excluding hydrogens is 542 g/mol. The fourth-order valence-electron chi connectivity index (χ4n) is 6.40. The molecule has 1 fully saturated rings. The zero-order chi connectivity index (χ0) is 29.5. The van der Waals surface area contributed by atoms with Gasteiger partial charge in [0.25, 0.3) is 11.1 Å². The van der Waals surface area contributed by atoms with E-state index < -0.39 is 28.6 Å². The molecule has 0 spiro atoms. The number of aromatic amines is 1. The number of carbonyl (C=O) groups is 1. The van der Waals surface area contributed by atoms with E-state index in [4.69, 9.17) is 13.9 Å². The minimum absolute atomic E-state index is 0.00333. The number of pyridine rings is 2. The van der Waals surface area contributed by atoms with Crippen molar-refractivity contribution in [3.8, 4) is 11.5 Å². The minimum Gasteiger partial charge on any atom is -0.502 e. The third kappa shape index (κ3) is 5.11. The molecule has 11 heteroatoms. The molecule has 6 rings (SSSR count). The van der Waals surface area contributed by atoms with E-state index in [1.807, 2.05) is 10.6 Å². The normalized spacial score (nSPS) is 18.8. The van der Waals surface area contributed by atoms with Gasteiger partial charge in [0.15, 0.2) is 5.76 Å². The van der Waals surface area contributed by atoms with Crippen LogP contribution in [0.5, 0.6) is 11.5 Å². The Hall–Kier alpha value is -4.64. The Bertz CT molecular complexity index is 1860. The largest absolute Gasteiger partial charge is 0.502 e. The topological polar surface area (TPSA) is 144 Å². The Morgan fingerprint density at radius 2 is 1.93 bits per heavy atom. The molecule has 3 unspecified atom stereocenters. The van der Waals surface area contributed by atoms with Gasteiger partial charge in [0.2, 0.25) is 11.2 Å². The summed E-state index contributed by atoms with van der Waals surface area (Å²) in [4.78, 5) is 56.1. The number of likely N-dealkylation sites (tertiary alicyclic amines) is 1. The lowest BCUT2D eigenvalue weighted by Crippen LogP contribution is -2.46. The summed E-state index contributed by atoms with van der Waals surface area (Å²) >= 11 is 0. The van der Waals surface area contributed by atoms with Crippen LogP contribution in [0.15, 0.2) is 67.3 Å². The Kier molecular flexibility index (Phi) is 7.19. The van der Waals surface area contributed by atoms with Crippen LogP contribution in [0.4, 0.5) is 0 Å². The second-order valence-corrected chi connectivity index (χ2v) is 11.0. The summed E-state index contributed by atoms with van der Waals surface area (Å²) in [5.41, 5.74) is 0.526. The van der Waals surface area contributed by atoms with Gasteiger partial charge in [0.1, 0.15) is 11.5 Å². The number of aromatic nitrogens is 2. The number of esters is 1. The Labute approximate surface area is 239 Å². The molecule has 218 valence electrons. The van der Waals surface area contributed by atoms with Gasteiger partial charge in [0, 0.05) is 59.8 Å². The van der Waals surface area contributed by atoms with Gasteiger partial charge in [-0.25, -0.2) is 0 Å². The monoisotopic (exact) mass is 573 g/mol. The van der Waals surface area contributed by atoms with Crippen molar-refractivity contribution in [1.29, 1.82) is 0 Å². The average Bonchev–Trinajstić information content (AvgIpc) is 2.97. The molecule has 3 atom stereocenters. The Morgan fingerprint density at radius 3 is 2.71 bits per heavy atom. The van der Waals surface area contributed by atoms with Gasteiger partial charge in [0.05, 0.1) is 33.1 Å². The molecule has 4 aromatic rings. The van der Waals surface area contributed by atoms with Crippen molar-refractivity contribution in [2.24, 2.45) is 5.92 Å². The van der Waals surface area contributed by atoms with Gasteiger partial charge in [-0.2, -0.15) is 0 Å². The maximum absolute atomic E-state index is 13.2. The highest BCUT2D eigenvalue weighted by Crippen LogP contribution is 2.37. The summed E-state index contributed by atoms with van der Waals surface area (Å²) in [6.07, 6.45) is 0.635. The number of carbonyl (C=O) groups excluding carboxylic acids is 1. The number of hydrogen-bond donors (Lipinski definition) is 2. The third-order valence-electron chi connectivity index (χ3n) is 8.31. The highest BCUT2D eigenvalue weighted by molar-refractivity contribution is 5.81. The van der Waals surface area contributed by atoms with Crippen LogP contribution in [-0.4, -0.2) is 52.8 Å². The summed E-state index contributed by atoms with van der Waals surface area (Å²) in [6, 6.07) is 13.3. The molecule has 3 aromatic heterocycles. The molecule has 42 heavy (non-hydrogen) atoms. The zero-order valence-corrected chi connectivity index (χ0v) is 23.3. The van der Waals surface area contributed by atoms with Crippen LogP contribution in [-0.2, 0) is 22.6 Å². The van der Waals surface area contributed by atoms with Crippen LogP contribution in [0, 0.1) is 5.92 Å². The molecule has 1 aromatic carbocycles. The van der Waals surface area contributed by atoms with E-state index in [2.05, 4.69) is 9.88 Å². The maximum atomic E-state index is 13.2. The van der Waals surface area contributed by atoms with Crippen molar-refractivity contribution in [2.45, 2.75) is 37.8 Å². The molecule has 0 aliphatic carbocycles. The van der Waals surface area contributed by atoms with Crippen molar-refractivity contribution in [1.82, 2.24) is 14.5 Å². The lowest BCUT2D eigenvalue weighted by atomic mass is 9.83. The van der Waals surface area contributed by atoms with Gasteiger partial charge in [-0.3, -0.25) is 24.1 Å². The van der Waals surface area contributed by atoms with Crippen LogP contribution in [0.2, 0.25) is 0 Å². The fraction of sp³-hybridized carbons (Fsp3) is 0.355. The number of H-pyrrole nitrogens is 1. The summed E-state index contributed by atoms with van der Waals surface area (Å²) in [5, 5.41) is 11.5. The third-order valence-corrected chi connectivity index (χ3v) is 8.31. The molecule has 0 saturated carbocycles. The number of nitrogens with one attached hydrogen (secondary N) is 1. The van der Waals surface area contributed by atoms with Gasteiger partial charge < -0.3 is 28.5 Å². The number of hydrogen-bond acceptors (Lipinski definition) is 9. The summed E-state index contributed by atoms with van der Waals surface area (Å²) < 4.78 is 18.2. The fourth-order valence-corrected chi connectivity index (χ4v) is 6.40. The molecule has 0 amide bonds. The van der Waals surface area contributed by atoms with E-state index in [1.54, 1.807) is 36.4 Å². The molecule has 1 saturated heterocycles. The summed E-state index contributed by atoms with van der Waals surface area (Å²) in [7, 11) is 2.75. The lowest BCUT2D eigenvalue weighted by Gasteiger charge is -2.42. The lowest BCUT2D eigenvalue weighted by molar-refractivity contribution is -0.140. The second kappa shape index (κ2) is 11.0. The summed E-state index contributed by atoms with van der Waals surface area (Å²) in [5.74, 6) is -1.28. The van der Waals surface area contributed by atoms with Crippen LogP contribution in [0.3, 0.4) is 0 Å². The number of fused-ring (bicyclic) bond motifs is 5. The highest BCUT2D eigenvalue weighted by atomic mass is 16.5. The predicted molar refractivity (Wildman–Crippen MR) is 153 cm³/mol. The van der Waals surface area contributed by atoms with E-state index in [-0.39, 0.29) is 41.7 Å². The first-order valence-corrected chi connectivity index (χ1v) is 13.8. The number of ether oxygens (including phenoxy) is 2. The smallest absolute Gasteiger partial charge is 0.306 e. The molecule has 2 aliphatic heterocycles. The summed E-state index contributed by atoms with van der Waals surface area (Å²) in [6.45, 7) is 2.28. The highest BCUT2D eigenvalue weighted by Gasteiger charge is 2.35. The van der Waals surface area contributed by atoms with Gasteiger partial charge in [-0.1, -0.05) is 6.07 Å². The van der Waals surface area contributed by atoms with E-state index in [9.17, 15) is 24.3 Å². The van der Waals surface area contributed by atoms with Crippen LogP contribution < -0.4 is 21.3 Å². The Morgan fingerprint density at radius 1 is 1.10 bits per heavy atom. The number of benzene rings is 1. The molecule has 2 N–H and O–H groups in total. The predicted octanol–water partition coefficient (Wildman–Crippen LogP) is 2.67. The first-order chi connectivity index (χ1) is 20.2. The molecule has 2 aliphatic rings. The van der Waals surface area contributed by atoms with Gasteiger partial charge in [-0.05, 0) is 42.7 Å². The first kappa shape index (κ1) is 27.5. The zero-order valence-electron chi connectivity index (χ0n) is 23.3. The van der Waals surface area contributed by atoms with E-state index in [0.717, 1.165) is 12.1 Å². The van der Waals surface area contributed by atoms with Crippen molar-refractivity contribution in [3.05, 3.63) is 102 Å². The molecule has 0 radical (unpaired) electrons. The molecule has 11 nitrogen and oxygen atoms in total. The average molecular weight is 574 g/mol. The number of piperidine rings is 1. The van der Waals surface area contributed by atoms with Crippen LogP contribution >= 0.6 is 0 Å². The van der Waals surface area contributed by atoms with Gasteiger partial charge >= 0.3 is 5.97 Å². The van der Waals surface area contributed by atoms with Crippen molar-refractivity contribution in [3.63, 3.8) is 0 Å². The minimum atomic E-state index is -1.09. The quantitative estimate of drug-likeness (QED) is 0.319. The van der Waals surface area contributed by atoms with Crippen molar-refractivity contribution < 1.29 is 23.8 Å². The van der Waals surface area contributed by atoms with Gasteiger partial charge in [-0.15, -0.1) is 0 Å². The number of aromatic hydroxyl groups is 1. The van der Waals surface area contributed by atoms with Crippen molar-refractivity contribution in [2.75, 3.05) is 27.3 Å². The number of methoxy groups -OCH3 is 2. The second-order valence-electron chi connectivity index (χ2n) is 11.0. The van der Waals surface area contributed by atoms with Crippen LogP contribution in [0.1, 0.15) is 47.5 Å².